The molecule has 0 spiro atoms. The Morgan fingerprint density at radius 2 is 1.81 bits per heavy atom. The van der Waals surface area contributed by atoms with Crippen LogP contribution in [0, 0.1) is 0 Å². The Morgan fingerprint density at radius 1 is 1.10 bits per heavy atom. The lowest BCUT2D eigenvalue weighted by atomic mass is 10.1. The average Bonchev–Trinajstić information content (AvgIpc) is 2.65. The smallest absolute Gasteiger partial charge is 0.310 e. The maximum absolute atomic E-state index is 12.5. The number of carbonyl (C=O) groups excluding carboxylic acids is 1. The van der Waals surface area contributed by atoms with E-state index in [0.717, 1.165) is 23.4 Å². The van der Waals surface area contributed by atoms with E-state index in [1.165, 1.54) is 0 Å². The summed E-state index contributed by atoms with van der Waals surface area (Å²) in [5, 5.41) is 18.1. The van der Waals surface area contributed by atoms with E-state index in [4.69, 9.17) is 23.2 Å². The summed E-state index contributed by atoms with van der Waals surface area (Å²) in [5.74, 6) is 0. The van der Waals surface area contributed by atoms with Crippen LogP contribution in [0.1, 0.15) is 13.3 Å². The second kappa shape index (κ2) is 10.3. The van der Waals surface area contributed by atoms with E-state index in [1.54, 1.807) is 18.2 Å². The molecule has 170 valence electrons. The lowest BCUT2D eigenvalue weighted by Crippen LogP contribution is -2.68. The predicted molar refractivity (Wildman–Crippen MR) is 125 cm³/mol. The van der Waals surface area contributed by atoms with Crippen LogP contribution in [0.3, 0.4) is 0 Å². The maximum atomic E-state index is 12.5. The molecule has 0 radical (unpaired) electrons. The molecule has 1 heterocycles. The Labute approximate surface area is 191 Å². The predicted octanol–water partition coefficient (Wildman–Crippen LogP) is 1.99. The highest BCUT2D eigenvalue weighted by Crippen LogP contribution is 2.29. The van der Waals surface area contributed by atoms with E-state index in [1.807, 2.05) is 19.1 Å². The second-order valence-corrected chi connectivity index (χ2v) is 10.2. The first-order chi connectivity index (χ1) is 14.6. The van der Waals surface area contributed by atoms with E-state index in [9.17, 15) is 13.2 Å². The van der Waals surface area contributed by atoms with Gasteiger partial charge in [-0.2, -0.15) is 0 Å². The van der Waals surface area contributed by atoms with Crippen LogP contribution < -0.4 is 31.3 Å². The molecule has 12 heteroatoms. The number of amides is 2. The number of anilines is 1. The van der Waals surface area contributed by atoms with Gasteiger partial charge in [-0.05, 0) is 48.4 Å². The largest absolute Gasteiger partial charge is 0.321 e. The van der Waals surface area contributed by atoms with Gasteiger partial charge in [0, 0.05) is 24.8 Å². The Kier molecular flexibility index (Phi) is 7.98. The zero-order chi connectivity index (χ0) is 22.6. The van der Waals surface area contributed by atoms with Crippen LogP contribution in [-0.2, 0) is 10.0 Å². The van der Waals surface area contributed by atoms with Crippen LogP contribution in [-0.4, -0.2) is 52.3 Å². The summed E-state index contributed by atoms with van der Waals surface area (Å²) in [6, 6.07) is 8.75. The van der Waals surface area contributed by atoms with Gasteiger partial charge in [-0.15, -0.1) is 0 Å². The zero-order valence-corrected chi connectivity index (χ0v) is 19.5. The van der Waals surface area contributed by atoms with E-state index < -0.39 is 16.3 Å². The van der Waals surface area contributed by atoms with E-state index >= 15 is 0 Å². The Bertz CT molecular complexity index is 1050. The summed E-state index contributed by atoms with van der Waals surface area (Å²) in [6.07, 6.45) is 1.34. The number of hydrogen-bond donors (Lipinski definition) is 6. The third-order valence-corrected chi connectivity index (χ3v) is 6.15. The zero-order valence-electron chi connectivity index (χ0n) is 17.1. The third-order valence-electron chi connectivity index (χ3n) is 4.70. The molecule has 1 saturated heterocycles. The van der Waals surface area contributed by atoms with Crippen molar-refractivity contribution in [2.45, 2.75) is 31.8 Å². The van der Waals surface area contributed by atoms with Gasteiger partial charge in [0.15, 0.2) is 0 Å². The van der Waals surface area contributed by atoms with Crippen molar-refractivity contribution in [2.24, 2.45) is 0 Å². The molecule has 2 aromatic carbocycles. The van der Waals surface area contributed by atoms with Gasteiger partial charge in [-0.1, -0.05) is 29.3 Å². The van der Waals surface area contributed by atoms with Crippen LogP contribution in [0.2, 0.25) is 10.0 Å². The Hall–Kier alpha value is -1.66. The summed E-state index contributed by atoms with van der Waals surface area (Å²) in [5.41, 5.74) is 0.619. The van der Waals surface area contributed by atoms with Crippen molar-refractivity contribution in [2.75, 3.05) is 24.7 Å². The fourth-order valence-corrected chi connectivity index (χ4v) is 4.17. The van der Waals surface area contributed by atoms with Crippen molar-refractivity contribution in [3.8, 4) is 0 Å². The second-order valence-electron chi connectivity index (χ2n) is 7.50. The van der Waals surface area contributed by atoms with Gasteiger partial charge in [0.2, 0.25) is 10.0 Å². The van der Waals surface area contributed by atoms with Crippen LogP contribution in [0.25, 0.3) is 10.8 Å². The minimum atomic E-state index is -3.21. The quantitative estimate of drug-likeness (QED) is 0.331. The van der Waals surface area contributed by atoms with Gasteiger partial charge in [0.25, 0.3) is 0 Å². The fraction of sp³-hybridized carbons (Fsp3) is 0.421. The summed E-state index contributed by atoms with van der Waals surface area (Å²) in [7, 11) is -3.21. The number of rotatable bonds is 7. The van der Waals surface area contributed by atoms with Crippen LogP contribution in [0.4, 0.5) is 10.5 Å². The number of halogens is 2. The normalized spacial score (nSPS) is 21.7. The van der Waals surface area contributed by atoms with E-state index in [-0.39, 0.29) is 24.8 Å². The van der Waals surface area contributed by atoms with Crippen LogP contribution in [0.15, 0.2) is 30.3 Å². The van der Waals surface area contributed by atoms with Crippen molar-refractivity contribution < 1.29 is 13.2 Å². The highest BCUT2D eigenvalue weighted by molar-refractivity contribution is 7.88. The highest BCUT2D eigenvalue weighted by atomic mass is 35.5. The molecule has 3 rings (SSSR count). The van der Waals surface area contributed by atoms with Gasteiger partial charge in [0.1, 0.15) is 6.29 Å². The van der Waals surface area contributed by atoms with Crippen LogP contribution >= 0.6 is 23.2 Å². The molecule has 2 amide bonds. The molecule has 0 saturated carbocycles. The van der Waals surface area contributed by atoms with Crippen molar-refractivity contribution in [1.29, 1.82) is 0 Å². The van der Waals surface area contributed by atoms with Crippen molar-refractivity contribution in [3.05, 3.63) is 40.4 Å². The number of sulfonamides is 1. The molecule has 2 aromatic rings. The molecule has 31 heavy (non-hydrogen) atoms. The SMILES string of the molecule is CC1CC(NCCNS(C)(=O)=O)NC(NC(=O)Nc2ccc3cc(Cl)c(Cl)cc3c2)N1. The number of benzene rings is 2. The van der Waals surface area contributed by atoms with E-state index in [2.05, 4.69) is 31.3 Å². The molecular formula is C19H26Cl2N6O3S. The molecular weight excluding hydrogens is 463 g/mol. The van der Waals surface area contributed by atoms with Gasteiger partial charge >= 0.3 is 6.03 Å². The molecule has 0 aromatic heterocycles. The molecule has 3 atom stereocenters. The Balaban J connectivity index is 1.53. The van der Waals surface area contributed by atoms with Crippen molar-refractivity contribution >= 4 is 55.7 Å². The van der Waals surface area contributed by atoms with Crippen LogP contribution in [0.5, 0.6) is 0 Å². The molecule has 1 fully saturated rings. The lowest BCUT2D eigenvalue weighted by Gasteiger charge is -2.36. The van der Waals surface area contributed by atoms with Crippen molar-refractivity contribution in [3.63, 3.8) is 0 Å². The topological polar surface area (TPSA) is 123 Å². The summed E-state index contributed by atoms with van der Waals surface area (Å²) in [4.78, 5) is 12.5. The number of urea groups is 1. The minimum absolute atomic E-state index is 0.0875. The summed E-state index contributed by atoms with van der Waals surface area (Å²) < 4.78 is 24.7. The molecule has 1 aliphatic rings. The molecule has 0 aliphatic carbocycles. The monoisotopic (exact) mass is 488 g/mol. The first-order valence-corrected chi connectivity index (χ1v) is 12.4. The first-order valence-electron chi connectivity index (χ1n) is 9.75. The Morgan fingerprint density at radius 3 is 2.52 bits per heavy atom. The van der Waals surface area contributed by atoms with E-state index in [0.29, 0.717) is 22.3 Å². The standard InChI is InChI=1S/C19H26Cl2N6O3S/c1-11-7-17(22-5-6-23-31(2,29)30)26-18(24-11)27-19(28)25-14-4-3-12-9-15(20)16(21)10-13(12)8-14/h3-4,8-11,17-18,22-24,26H,5-7H2,1-2H3,(H2,25,27,28). The van der Waals surface area contributed by atoms with Gasteiger partial charge in [0.05, 0.1) is 22.5 Å². The summed E-state index contributed by atoms with van der Waals surface area (Å²) >= 11 is 12.1. The number of hydrogen-bond acceptors (Lipinski definition) is 6. The minimum Gasteiger partial charge on any atom is -0.310 e. The van der Waals surface area contributed by atoms with Gasteiger partial charge < -0.3 is 16.0 Å². The average molecular weight is 489 g/mol. The van der Waals surface area contributed by atoms with Gasteiger partial charge in [-0.25, -0.2) is 17.9 Å². The summed E-state index contributed by atoms with van der Waals surface area (Å²) in [6.45, 7) is 2.75. The van der Waals surface area contributed by atoms with Crippen molar-refractivity contribution in [1.82, 2.24) is 26.0 Å². The molecule has 9 nitrogen and oxygen atoms in total. The maximum Gasteiger partial charge on any atom is 0.321 e. The lowest BCUT2D eigenvalue weighted by molar-refractivity contribution is 0.194. The van der Waals surface area contributed by atoms with Gasteiger partial charge in [-0.3, -0.25) is 10.6 Å². The molecule has 3 unspecified atom stereocenters. The molecule has 0 bridgehead atoms. The first kappa shape index (κ1) is 24.0. The molecule has 1 aliphatic heterocycles. The highest BCUT2D eigenvalue weighted by Gasteiger charge is 2.25. The third kappa shape index (κ3) is 7.46. The number of carbonyl (C=O) groups is 1. The number of nitrogens with one attached hydrogen (secondary N) is 6. The molecule has 6 N–H and O–H groups in total. The fourth-order valence-electron chi connectivity index (χ4n) is 3.35. The number of fused-ring (bicyclic) bond motifs is 1.